The summed E-state index contributed by atoms with van der Waals surface area (Å²) in [5, 5.41) is 22.4. The Labute approximate surface area is 146 Å². The van der Waals surface area contributed by atoms with Gasteiger partial charge in [0.15, 0.2) is 0 Å². The maximum absolute atomic E-state index is 12.6. The number of phenolic OH excluding ortho intramolecular Hbond substituents is 1. The number of aliphatic hydroxyl groups excluding tert-OH is 1. The number of carbonyl (C=O) groups is 1. The zero-order valence-corrected chi connectivity index (χ0v) is 13.8. The van der Waals surface area contributed by atoms with Crippen molar-refractivity contribution in [3.8, 4) is 11.5 Å². The van der Waals surface area contributed by atoms with Crippen LogP contribution in [0.5, 0.6) is 11.5 Å². The Morgan fingerprint density at radius 2 is 2.04 bits per heavy atom. The largest absolute Gasteiger partial charge is 0.508 e. The van der Waals surface area contributed by atoms with Crippen LogP contribution in [-0.2, 0) is 6.42 Å². The summed E-state index contributed by atoms with van der Waals surface area (Å²) in [5.74, 6) is 0.962. The molecule has 1 aliphatic heterocycles. The van der Waals surface area contributed by atoms with Crippen LogP contribution < -0.4 is 10.1 Å². The van der Waals surface area contributed by atoms with Crippen molar-refractivity contribution in [1.29, 1.82) is 0 Å². The lowest BCUT2D eigenvalue weighted by atomic mass is 9.74. The number of phenols is 1. The van der Waals surface area contributed by atoms with Gasteiger partial charge in [-0.1, -0.05) is 12.1 Å². The quantitative estimate of drug-likeness (QED) is 0.800. The Morgan fingerprint density at radius 3 is 2.80 bits per heavy atom. The van der Waals surface area contributed by atoms with Gasteiger partial charge >= 0.3 is 0 Å². The maximum atomic E-state index is 12.6. The van der Waals surface area contributed by atoms with E-state index in [1.165, 1.54) is 12.1 Å². The molecule has 0 saturated heterocycles. The zero-order chi connectivity index (χ0) is 17.4. The molecule has 1 amide bonds. The number of fused-ring (bicyclic) bond motifs is 1. The molecule has 5 heteroatoms. The summed E-state index contributed by atoms with van der Waals surface area (Å²) < 4.78 is 5.56. The Hall–Kier alpha value is -2.53. The Morgan fingerprint density at radius 1 is 1.20 bits per heavy atom. The molecular weight excluding hydrogens is 318 g/mol. The molecule has 2 aromatic rings. The molecule has 130 valence electrons. The molecule has 1 saturated carbocycles. The molecule has 1 atom stereocenters. The first-order chi connectivity index (χ1) is 12.1. The van der Waals surface area contributed by atoms with Gasteiger partial charge in [-0.3, -0.25) is 4.79 Å². The molecule has 1 fully saturated rings. The minimum atomic E-state index is -0.289. The van der Waals surface area contributed by atoms with Gasteiger partial charge in [0, 0.05) is 12.0 Å². The minimum absolute atomic E-state index is 0.0675. The van der Waals surface area contributed by atoms with Gasteiger partial charge in [0.1, 0.15) is 11.5 Å². The SMILES string of the molecule is O=C(N[C@@H](c1ccc2c(c1)CCO2)C1CC(O)C1)c1cccc(O)c1. The second-order valence-electron chi connectivity index (χ2n) is 6.85. The third kappa shape index (κ3) is 3.20. The highest BCUT2D eigenvalue weighted by molar-refractivity contribution is 5.94. The molecule has 5 nitrogen and oxygen atoms in total. The van der Waals surface area contributed by atoms with Crippen LogP contribution in [0.25, 0.3) is 0 Å². The highest BCUT2D eigenvalue weighted by atomic mass is 16.5. The zero-order valence-electron chi connectivity index (χ0n) is 13.8. The molecule has 3 N–H and O–H groups in total. The van der Waals surface area contributed by atoms with Gasteiger partial charge < -0.3 is 20.3 Å². The van der Waals surface area contributed by atoms with Gasteiger partial charge in [0.2, 0.25) is 0 Å². The molecule has 0 spiro atoms. The van der Waals surface area contributed by atoms with E-state index >= 15 is 0 Å². The highest BCUT2D eigenvalue weighted by Crippen LogP contribution is 2.40. The van der Waals surface area contributed by atoms with Gasteiger partial charge in [-0.05, 0) is 60.2 Å². The fraction of sp³-hybridized carbons (Fsp3) is 0.350. The van der Waals surface area contributed by atoms with Crippen molar-refractivity contribution in [3.63, 3.8) is 0 Å². The highest BCUT2D eigenvalue weighted by Gasteiger charge is 2.36. The number of aromatic hydroxyl groups is 1. The lowest BCUT2D eigenvalue weighted by Crippen LogP contribution is -2.41. The van der Waals surface area contributed by atoms with Gasteiger partial charge in [-0.2, -0.15) is 0 Å². The molecule has 0 unspecified atom stereocenters. The molecule has 1 heterocycles. The van der Waals surface area contributed by atoms with E-state index in [0.717, 1.165) is 23.3 Å². The molecule has 4 rings (SSSR count). The number of amides is 1. The number of benzene rings is 2. The number of hydrogen-bond acceptors (Lipinski definition) is 4. The van der Waals surface area contributed by atoms with Crippen molar-refractivity contribution in [2.75, 3.05) is 6.61 Å². The predicted octanol–water partition coefficient (Wildman–Crippen LogP) is 2.57. The summed E-state index contributed by atoms with van der Waals surface area (Å²) in [6.07, 6.45) is 1.95. The van der Waals surface area contributed by atoms with Crippen molar-refractivity contribution in [3.05, 3.63) is 59.2 Å². The third-order valence-corrected chi connectivity index (χ3v) is 5.09. The first kappa shape index (κ1) is 16.0. The summed E-state index contributed by atoms with van der Waals surface area (Å²) in [5.41, 5.74) is 2.62. The van der Waals surface area contributed by atoms with E-state index in [4.69, 9.17) is 4.74 Å². The van der Waals surface area contributed by atoms with Crippen LogP contribution in [0.2, 0.25) is 0 Å². The Balaban J connectivity index is 1.59. The number of nitrogens with one attached hydrogen (secondary N) is 1. The number of hydrogen-bond donors (Lipinski definition) is 3. The molecule has 0 radical (unpaired) electrons. The average Bonchev–Trinajstić information content (AvgIpc) is 3.04. The van der Waals surface area contributed by atoms with E-state index in [9.17, 15) is 15.0 Å². The lowest BCUT2D eigenvalue weighted by Gasteiger charge is -2.38. The first-order valence-corrected chi connectivity index (χ1v) is 8.64. The Bertz CT molecular complexity index is 798. The molecule has 0 bridgehead atoms. The Kier molecular flexibility index (Phi) is 4.09. The summed E-state index contributed by atoms with van der Waals surface area (Å²) >= 11 is 0. The third-order valence-electron chi connectivity index (χ3n) is 5.09. The van der Waals surface area contributed by atoms with Crippen molar-refractivity contribution in [2.24, 2.45) is 5.92 Å². The van der Waals surface area contributed by atoms with Crippen molar-refractivity contribution in [1.82, 2.24) is 5.32 Å². The fourth-order valence-electron chi connectivity index (χ4n) is 3.65. The summed E-state index contributed by atoms with van der Waals surface area (Å²) in [7, 11) is 0. The monoisotopic (exact) mass is 339 g/mol. The van der Waals surface area contributed by atoms with Crippen LogP contribution in [0, 0.1) is 5.92 Å². The topological polar surface area (TPSA) is 78.8 Å². The van der Waals surface area contributed by atoms with Gasteiger partial charge in [0.25, 0.3) is 5.91 Å². The normalized spacial score (nSPS) is 22.4. The van der Waals surface area contributed by atoms with E-state index in [2.05, 4.69) is 11.4 Å². The van der Waals surface area contributed by atoms with Crippen LogP contribution >= 0.6 is 0 Å². The molecule has 2 aliphatic rings. The number of carbonyl (C=O) groups excluding carboxylic acids is 1. The van der Waals surface area contributed by atoms with Crippen LogP contribution in [-0.4, -0.2) is 28.8 Å². The second kappa shape index (κ2) is 6.41. The average molecular weight is 339 g/mol. The molecule has 0 aromatic heterocycles. The predicted molar refractivity (Wildman–Crippen MR) is 92.7 cm³/mol. The van der Waals surface area contributed by atoms with Gasteiger partial charge in [0.05, 0.1) is 18.8 Å². The van der Waals surface area contributed by atoms with Crippen LogP contribution in [0.15, 0.2) is 42.5 Å². The van der Waals surface area contributed by atoms with E-state index in [0.29, 0.717) is 25.0 Å². The first-order valence-electron chi connectivity index (χ1n) is 8.64. The lowest BCUT2D eigenvalue weighted by molar-refractivity contribution is 0.0235. The van der Waals surface area contributed by atoms with Crippen molar-refractivity contribution in [2.45, 2.75) is 31.4 Å². The number of aliphatic hydroxyl groups is 1. The molecular formula is C20H21NO4. The minimum Gasteiger partial charge on any atom is -0.508 e. The fourth-order valence-corrected chi connectivity index (χ4v) is 3.65. The number of ether oxygens (including phenoxy) is 1. The molecule has 25 heavy (non-hydrogen) atoms. The standard InChI is InChI=1S/C20H21NO4/c22-16-3-1-2-14(9-16)20(24)21-19(15-10-17(23)11-15)13-4-5-18-12(8-13)6-7-25-18/h1-5,8-9,15,17,19,22-23H,6-7,10-11H2,(H,21,24)/t15?,17?,19-/m0/s1. The van der Waals surface area contributed by atoms with Crippen molar-refractivity contribution < 1.29 is 19.7 Å². The van der Waals surface area contributed by atoms with Crippen molar-refractivity contribution >= 4 is 5.91 Å². The van der Waals surface area contributed by atoms with E-state index < -0.39 is 0 Å². The van der Waals surface area contributed by atoms with Crippen LogP contribution in [0.4, 0.5) is 0 Å². The molecule has 1 aliphatic carbocycles. The summed E-state index contributed by atoms with van der Waals surface area (Å²) in [6.45, 7) is 0.696. The molecule has 2 aromatic carbocycles. The van der Waals surface area contributed by atoms with Gasteiger partial charge in [-0.15, -0.1) is 0 Å². The maximum Gasteiger partial charge on any atom is 0.251 e. The smallest absolute Gasteiger partial charge is 0.251 e. The number of rotatable bonds is 4. The summed E-state index contributed by atoms with van der Waals surface area (Å²) in [4.78, 5) is 12.6. The van der Waals surface area contributed by atoms with Crippen LogP contribution in [0.3, 0.4) is 0 Å². The van der Waals surface area contributed by atoms with E-state index in [1.807, 2.05) is 12.1 Å². The van der Waals surface area contributed by atoms with Gasteiger partial charge in [-0.25, -0.2) is 0 Å². The van der Waals surface area contributed by atoms with E-state index in [1.54, 1.807) is 12.1 Å². The van der Waals surface area contributed by atoms with E-state index in [-0.39, 0.29) is 29.7 Å². The van der Waals surface area contributed by atoms with Crippen LogP contribution in [0.1, 0.15) is 40.4 Å². The second-order valence-corrected chi connectivity index (χ2v) is 6.85. The summed E-state index contributed by atoms with van der Waals surface area (Å²) in [6, 6.07) is 12.2.